The van der Waals surface area contributed by atoms with Gasteiger partial charge in [-0.25, -0.2) is 4.79 Å². The zero-order valence-electron chi connectivity index (χ0n) is 14.5. The predicted octanol–water partition coefficient (Wildman–Crippen LogP) is 2.46. The lowest BCUT2D eigenvalue weighted by atomic mass is 9.96. The molecule has 5 nitrogen and oxygen atoms in total. The zero-order valence-corrected chi connectivity index (χ0v) is 14.5. The standard InChI is InChI=1S/C18H33N3O2/c22-18(19-17-6-2-1-3-7-17)21-9-4-5-16(8-10-21)15-20-11-13-23-14-12-20/h16-17H,1-15H2,(H,19,22)/t16-/m0/s1. The Labute approximate surface area is 140 Å². The Hall–Kier alpha value is -0.810. The lowest BCUT2D eigenvalue weighted by molar-refractivity contribution is 0.0296. The summed E-state index contributed by atoms with van der Waals surface area (Å²) in [5, 5.41) is 3.27. The number of rotatable bonds is 3. The summed E-state index contributed by atoms with van der Waals surface area (Å²) in [4.78, 5) is 17.1. The van der Waals surface area contributed by atoms with Crippen molar-refractivity contribution in [2.75, 3.05) is 45.9 Å². The second-order valence-corrected chi connectivity index (χ2v) is 7.48. The summed E-state index contributed by atoms with van der Waals surface area (Å²) in [7, 11) is 0. The minimum absolute atomic E-state index is 0.184. The summed E-state index contributed by atoms with van der Waals surface area (Å²) in [6, 6.07) is 0.604. The van der Waals surface area contributed by atoms with E-state index in [1.54, 1.807) is 0 Å². The molecule has 1 aliphatic carbocycles. The number of nitrogens with zero attached hydrogens (tertiary/aromatic N) is 2. The van der Waals surface area contributed by atoms with Crippen molar-refractivity contribution < 1.29 is 9.53 Å². The Kier molecular flexibility index (Phi) is 6.57. The van der Waals surface area contributed by atoms with Gasteiger partial charge in [0.05, 0.1) is 13.2 Å². The van der Waals surface area contributed by atoms with Gasteiger partial charge in [-0.05, 0) is 38.0 Å². The van der Waals surface area contributed by atoms with Gasteiger partial charge in [-0.2, -0.15) is 0 Å². The van der Waals surface area contributed by atoms with Crippen LogP contribution in [0.1, 0.15) is 51.4 Å². The van der Waals surface area contributed by atoms with Crippen molar-refractivity contribution >= 4 is 6.03 Å². The van der Waals surface area contributed by atoms with Crippen molar-refractivity contribution in [3.63, 3.8) is 0 Å². The van der Waals surface area contributed by atoms with Crippen LogP contribution in [0.25, 0.3) is 0 Å². The van der Waals surface area contributed by atoms with E-state index in [0.717, 1.165) is 58.2 Å². The van der Waals surface area contributed by atoms with Gasteiger partial charge >= 0.3 is 6.03 Å². The average molecular weight is 323 g/mol. The van der Waals surface area contributed by atoms with E-state index in [0.29, 0.717) is 6.04 Å². The summed E-state index contributed by atoms with van der Waals surface area (Å²) in [5.41, 5.74) is 0. The maximum Gasteiger partial charge on any atom is 0.317 e. The van der Waals surface area contributed by atoms with Crippen LogP contribution >= 0.6 is 0 Å². The molecule has 0 aromatic carbocycles. The first-order chi connectivity index (χ1) is 11.3. The highest BCUT2D eigenvalue weighted by atomic mass is 16.5. The Morgan fingerprint density at radius 2 is 1.70 bits per heavy atom. The lowest BCUT2D eigenvalue weighted by Crippen LogP contribution is -2.46. The molecule has 132 valence electrons. The van der Waals surface area contributed by atoms with Crippen LogP contribution in [0, 0.1) is 5.92 Å². The van der Waals surface area contributed by atoms with Gasteiger partial charge in [-0.3, -0.25) is 4.90 Å². The number of nitrogens with one attached hydrogen (secondary N) is 1. The van der Waals surface area contributed by atoms with Gasteiger partial charge in [-0.15, -0.1) is 0 Å². The molecule has 0 bridgehead atoms. The molecule has 2 amide bonds. The second kappa shape index (κ2) is 8.88. The summed E-state index contributed by atoms with van der Waals surface area (Å²) in [6.45, 7) is 6.93. The van der Waals surface area contributed by atoms with Crippen molar-refractivity contribution in [1.29, 1.82) is 0 Å². The van der Waals surface area contributed by atoms with Crippen LogP contribution in [-0.2, 0) is 4.74 Å². The van der Waals surface area contributed by atoms with E-state index in [2.05, 4.69) is 15.1 Å². The number of hydrogen-bond donors (Lipinski definition) is 1. The quantitative estimate of drug-likeness (QED) is 0.868. The van der Waals surface area contributed by atoms with Crippen LogP contribution in [0.4, 0.5) is 4.79 Å². The normalized spacial score (nSPS) is 28.3. The molecule has 0 radical (unpaired) electrons. The maximum atomic E-state index is 12.5. The Bertz CT molecular complexity index is 365. The molecule has 0 aromatic rings. The van der Waals surface area contributed by atoms with Gasteiger partial charge in [0, 0.05) is 38.8 Å². The number of amides is 2. The third-order valence-electron chi connectivity index (χ3n) is 5.69. The van der Waals surface area contributed by atoms with Crippen LogP contribution in [0.15, 0.2) is 0 Å². The molecule has 23 heavy (non-hydrogen) atoms. The van der Waals surface area contributed by atoms with Crippen molar-refractivity contribution in [3.05, 3.63) is 0 Å². The number of likely N-dealkylation sites (tertiary alicyclic amines) is 1. The highest BCUT2D eigenvalue weighted by molar-refractivity contribution is 5.74. The number of urea groups is 1. The third-order valence-corrected chi connectivity index (χ3v) is 5.69. The summed E-state index contributed by atoms with van der Waals surface area (Å²) < 4.78 is 5.43. The van der Waals surface area contributed by atoms with E-state index in [4.69, 9.17) is 4.74 Å². The fourth-order valence-electron chi connectivity index (χ4n) is 4.21. The zero-order chi connectivity index (χ0) is 15.9. The van der Waals surface area contributed by atoms with E-state index in [1.165, 1.54) is 45.1 Å². The highest BCUT2D eigenvalue weighted by Gasteiger charge is 2.24. The Morgan fingerprint density at radius 3 is 2.48 bits per heavy atom. The number of carbonyl (C=O) groups is 1. The molecular weight excluding hydrogens is 290 g/mol. The van der Waals surface area contributed by atoms with Crippen LogP contribution in [0.3, 0.4) is 0 Å². The van der Waals surface area contributed by atoms with Crippen molar-refractivity contribution in [3.8, 4) is 0 Å². The molecule has 3 aliphatic rings. The fraction of sp³-hybridized carbons (Fsp3) is 0.944. The molecule has 1 N–H and O–H groups in total. The molecule has 5 heteroatoms. The van der Waals surface area contributed by atoms with Crippen LogP contribution in [0.5, 0.6) is 0 Å². The second-order valence-electron chi connectivity index (χ2n) is 7.48. The van der Waals surface area contributed by atoms with Crippen LogP contribution in [-0.4, -0.2) is 67.8 Å². The van der Waals surface area contributed by atoms with E-state index in [9.17, 15) is 4.79 Å². The predicted molar refractivity (Wildman–Crippen MR) is 91.6 cm³/mol. The molecule has 2 heterocycles. The first-order valence-electron chi connectivity index (χ1n) is 9.67. The topological polar surface area (TPSA) is 44.8 Å². The largest absolute Gasteiger partial charge is 0.379 e. The molecule has 3 rings (SSSR count). The first kappa shape index (κ1) is 17.0. The van der Waals surface area contributed by atoms with Crippen LogP contribution < -0.4 is 5.32 Å². The number of ether oxygens (including phenoxy) is 1. The molecule has 1 saturated carbocycles. The van der Waals surface area contributed by atoms with Gasteiger partial charge < -0.3 is 15.0 Å². The maximum absolute atomic E-state index is 12.5. The molecule has 0 unspecified atom stereocenters. The van der Waals surface area contributed by atoms with E-state index in [-0.39, 0.29) is 6.03 Å². The highest BCUT2D eigenvalue weighted by Crippen LogP contribution is 2.21. The monoisotopic (exact) mass is 323 g/mol. The Balaban J connectivity index is 1.41. The SMILES string of the molecule is O=C(NC1CCCCC1)N1CCC[C@H](CN2CCOCC2)CC1. The summed E-state index contributed by atoms with van der Waals surface area (Å²) in [6.07, 6.45) is 9.75. The summed E-state index contributed by atoms with van der Waals surface area (Å²) in [5.74, 6) is 0.737. The minimum Gasteiger partial charge on any atom is -0.379 e. The smallest absolute Gasteiger partial charge is 0.317 e. The lowest BCUT2D eigenvalue weighted by Gasteiger charge is -2.30. The van der Waals surface area contributed by atoms with E-state index < -0.39 is 0 Å². The molecule has 0 aromatic heterocycles. The molecule has 3 fully saturated rings. The van der Waals surface area contributed by atoms with E-state index in [1.807, 2.05) is 0 Å². The molecule has 2 aliphatic heterocycles. The number of hydrogen-bond acceptors (Lipinski definition) is 3. The van der Waals surface area contributed by atoms with Crippen LogP contribution in [0.2, 0.25) is 0 Å². The van der Waals surface area contributed by atoms with Gasteiger partial charge in [0.15, 0.2) is 0 Å². The van der Waals surface area contributed by atoms with Gasteiger partial charge in [-0.1, -0.05) is 19.3 Å². The molecule has 2 saturated heterocycles. The first-order valence-corrected chi connectivity index (χ1v) is 9.67. The van der Waals surface area contributed by atoms with Crippen molar-refractivity contribution in [2.45, 2.75) is 57.4 Å². The van der Waals surface area contributed by atoms with E-state index >= 15 is 0 Å². The minimum atomic E-state index is 0.184. The molecule has 0 spiro atoms. The fourth-order valence-corrected chi connectivity index (χ4v) is 4.21. The third kappa shape index (κ3) is 5.35. The van der Waals surface area contributed by atoms with Gasteiger partial charge in [0.25, 0.3) is 0 Å². The Morgan fingerprint density at radius 1 is 0.913 bits per heavy atom. The van der Waals surface area contributed by atoms with Crippen molar-refractivity contribution in [2.24, 2.45) is 5.92 Å². The molecule has 1 atom stereocenters. The summed E-state index contributed by atoms with van der Waals surface area (Å²) >= 11 is 0. The number of morpholine rings is 1. The van der Waals surface area contributed by atoms with Gasteiger partial charge in [0.2, 0.25) is 0 Å². The number of carbonyl (C=O) groups excluding carboxylic acids is 1. The average Bonchev–Trinajstić information content (AvgIpc) is 2.82. The van der Waals surface area contributed by atoms with Crippen molar-refractivity contribution in [1.82, 2.24) is 15.1 Å². The molecular formula is C18H33N3O2. The van der Waals surface area contributed by atoms with Gasteiger partial charge in [0.1, 0.15) is 0 Å².